The van der Waals surface area contributed by atoms with E-state index < -0.39 is 0 Å². The summed E-state index contributed by atoms with van der Waals surface area (Å²) >= 11 is 5.70. The topological polar surface area (TPSA) is 21.3 Å². The van der Waals surface area contributed by atoms with Crippen LogP contribution >= 0.6 is 11.6 Å². The van der Waals surface area contributed by atoms with Crippen LogP contribution in [0.5, 0.6) is 0 Å². The molecule has 0 amide bonds. The van der Waals surface area contributed by atoms with Crippen molar-refractivity contribution in [3.8, 4) is 0 Å². The van der Waals surface area contributed by atoms with Gasteiger partial charge in [0.15, 0.2) is 0 Å². The second-order valence-corrected chi connectivity index (χ2v) is 4.24. The molecule has 0 spiro atoms. The van der Waals surface area contributed by atoms with E-state index in [-0.39, 0.29) is 5.82 Å². The van der Waals surface area contributed by atoms with E-state index in [2.05, 4.69) is 19.3 Å². The largest absolute Gasteiger partial charge is 0.301 e. The maximum atomic E-state index is 12.9. The molecule has 0 fully saturated rings. The van der Waals surface area contributed by atoms with E-state index in [4.69, 9.17) is 16.4 Å². The van der Waals surface area contributed by atoms with Crippen LogP contribution in [0.4, 0.5) is 4.39 Å². The summed E-state index contributed by atoms with van der Waals surface area (Å²) in [5, 5.41) is 0.399. The van der Waals surface area contributed by atoms with Gasteiger partial charge in [-0.3, -0.25) is 0 Å². The van der Waals surface area contributed by atoms with Crippen molar-refractivity contribution in [2.45, 2.75) is 20.4 Å². The molecule has 0 saturated carbocycles. The third-order valence-corrected chi connectivity index (χ3v) is 1.94. The molecule has 1 aromatic carbocycles. The molecule has 1 N–H and O–H groups in total. The summed E-state index contributed by atoms with van der Waals surface area (Å²) in [5.74, 6) is 0.136. The number of rotatable bonds is 5. The smallest absolute Gasteiger partial charge is 0.125 e. The summed E-state index contributed by atoms with van der Waals surface area (Å²) in [5.41, 5.74) is 3.53. The first-order chi connectivity index (χ1) is 7.08. The number of benzene rings is 1. The zero-order chi connectivity index (χ0) is 11.3. The number of halogens is 2. The van der Waals surface area contributed by atoms with Gasteiger partial charge in [-0.2, -0.15) is 5.48 Å². The van der Waals surface area contributed by atoms with Crippen molar-refractivity contribution in [3.05, 3.63) is 34.6 Å². The Bertz CT molecular complexity index is 297. The van der Waals surface area contributed by atoms with Crippen LogP contribution in [0.1, 0.15) is 19.4 Å². The molecule has 0 aliphatic heterocycles. The summed E-state index contributed by atoms with van der Waals surface area (Å²) in [6, 6.07) is 4.41. The molecule has 0 aliphatic carbocycles. The van der Waals surface area contributed by atoms with E-state index in [1.807, 2.05) is 0 Å². The van der Waals surface area contributed by atoms with E-state index in [0.29, 0.717) is 24.1 Å². The lowest BCUT2D eigenvalue weighted by atomic mass is 10.2. The van der Waals surface area contributed by atoms with Crippen LogP contribution in [0.25, 0.3) is 0 Å². The van der Waals surface area contributed by atoms with Gasteiger partial charge in [0.05, 0.1) is 6.61 Å². The average molecular weight is 232 g/mol. The Hall–Kier alpha value is -0.640. The van der Waals surface area contributed by atoms with Crippen LogP contribution in [0.15, 0.2) is 18.2 Å². The minimum absolute atomic E-state index is 0.330. The summed E-state index contributed by atoms with van der Waals surface area (Å²) in [7, 11) is 0. The second kappa shape index (κ2) is 6.05. The van der Waals surface area contributed by atoms with Gasteiger partial charge < -0.3 is 4.84 Å². The van der Waals surface area contributed by atoms with Gasteiger partial charge in [0.25, 0.3) is 0 Å². The van der Waals surface area contributed by atoms with E-state index in [9.17, 15) is 4.39 Å². The lowest BCUT2D eigenvalue weighted by molar-refractivity contribution is 0.0196. The van der Waals surface area contributed by atoms with E-state index >= 15 is 0 Å². The minimum Gasteiger partial charge on any atom is -0.301 e. The summed E-state index contributed by atoms with van der Waals surface area (Å²) in [4.78, 5) is 5.16. The van der Waals surface area contributed by atoms with Crippen molar-refractivity contribution in [2.24, 2.45) is 5.92 Å². The Morgan fingerprint density at radius 1 is 1.40 bits per heavy atom. The molecule has 1 aromatic rings. The molecule has 0 saturated heterocycles. The number of hydrogen-bond acceptors (Lipinski definition) is 2. The van der Waals surface area contributed by atoms with Crippen molar-refractivity contribution in [2.75, 3.05) is 6.61 Å². The predicted octanol–water partition coefficient (Wildman–Crippen LogP) is 3.16. The van der Waals surface area contributed by atoms with Crippen molar-refractivity contribution in [1.29, 1.82) is 0 Å². The fourth-order valence-corrected chi connectivity index (χ4v) is 1.32. The Morgan fingerprint density at radius 3 is 2.73 bits per heavy atom. The van der Waals surface area contributed by atoms with Crippen molar-refractivity contribution in [1.82, 2.24) is 5.48 Å². The first kappa shape index (κ1) is 12.4. The monoisotopic (exact) mass is 231 g/mol. The predicted molar refractivity (Wildman–Crippen MR) is 59.0 cm³/mol. The fourth-order valence-electron chi connectivity index (χ4n) is 1.07. The van der Waals surface area contributed by atoms with Gasteiger partial charge in [-0.15, -0.1) is 0 Å². The maximum absolute atomic E-state index is 12.9. The lowest BCUT2D eigenvalue weighted by Crippen LogP contribution is -2.17. The molecule has 0 bridgehead atoms. The quantitative estimate of drug-likeness (QED) is 0.621. The van der Waals surface area contributed by atoms with Gasteiger partial charge >= 0.3 is 0 Å². The molecule has 84 valence electrons. The highest BCUT2D eigenvalue weighted by atomic mass is 35.5. The molecule has 0 unspecified atom stereocenters. The SMILES string of the molecule is CC(C)CONCc1cc(F)cc(Cl)c1. The van der Waals surface area contributed by atoms with Gasteiger partial charge in [0.1, 0.15) is 5.82 Å². The Labute approximate surface area is 94.3 Å². The van der Waals surface area contributed by atoms with Crippen molar-refractivity contribution >= 4 is 11.6 Å². The van der Waals surface area contributed by atoms with Crippen LogP contribution < -0.4 is 5.48 Å². The number of nitrogens with one attached hydrogen (secondary N) is 1. The molecule has 0 aromatic heterocycles. The van der Waals surface area contributed by atoms with Gasteiger partial charge in [-0.25, -0.2) is 4.39 Å². The molecular weight excluding hydrogens is 217 g/mol. The third-order valence-electron chi connectivity index (χ3n) is 1.72. The van der Waals surface area contributed by atoms with E-state index in [1.54, 1.807) is 6.07 Å². The zero-order valence-corrected chi connectivity index (χ0v) is 9.64. The fraction of sp³-hybridized carbons (Fsp3) is 0.455. The molecular formula is C11H15ClFNO. The first-order valence-corrected chi connectivity index (χ1v) is 5.25. The van der Waals surface area contributed by atoms with Crippen LogP contribution in [-0.2, 0) is 11.4 Å². The van der Waals surface area contributed by atoms with Gasteiger partial charge in [0, 0.05) is 11.6 Å². The molecule has 0 atom stereocenters. The number of hydrogen-bond donors (Lipinski definition) is 1. The highest BCUT2D eigenvalue weighted by molar-refractivity contribution is 6.30. The molecule has 0 heterocycles. The third kappa shape index (κ3) is 5.11. The summed E-state index contributed by atoms with van der Waals surface area (Å²) in [6.07, 6.45) is 0. The van der Waals surface area contributed by atoms with Crippen LogP contribution in [0.2, 0.25) is 5.02 Å². The maximum Gasteiger partial charge on any atom is 0.125 e. The number of hydroxylamine groups is 1. The zero-order valence-electron chi connectivity index (χ0n) is 8.89. The summed E-state index contributed by atoms with van der Waals surface area (Å²) in [6.45, 7) is 5.19. The molecule has 4 heteroatoms. The highest BCUT2D eigenvalue weighted by Gasteiger charge is 1.99. The Morgan fingerprint density at radius 2 is 2.13 bits per heavy atom. The minimum atomic E-state index is -0.330. The van der Waals surface area contributed by atoms with Gasteiger partial charge in [-0.05, 0) is 29.7 Å². The van der Waals surface area contributed by atoms with Crippen LogP contribution in [0.3, 0.4) is 0 Å². The van der Waals surface area contributed by atoms with E-state index in [1.165, 1.54) is 12.1 Å². The molecule has 0 radical (unpaired) electrons. The molecule has 15 heavy (non-hydrogen) atoms. The van der Waals surface area contributed by atoms with Crippen LogP contribution in [0, 0.1) is 11.7 Å². The molecule has 0 aliphatic rings. The highest BCUT2D eigenvalue weighted by Crippen LogP contribution is 2.13. The van der Waals surface area contributed by atoms with E-state index in [0.717, 1.165) is 5.56 Å². The normalized spacial score (nSPS) is 11.0. The molecule has 2 nitrogen and oxygen atoms in total. The average Bonchev–Trinajstić information content (AvgIpc) is 2.10. The Balaban J connectivity index is 2.37. The second-order valence-electron chi connectivity index (χ2n) is 3.80. The van der Waals surface area contributed by atoms with Crippen LogP contribution in [-0.4, -0.2) is 6.61 Å². The summed E-state index contributed by atoms with van der Waals surface area (Å²) < 4.78 is 12.9. The van der Waals surface area contributed by atoms with Gasteiger partial charge in [0.2, 0.25) is 0 Å². The van der Waals surface area contributed by atoms with Gasteiger partial charge in [-0.1, -0.05) is 25.4 Å². The standard InChI is InChI=1S/C11H15ClFNO/c1-8(2)7-15-14-6-9-3-10(12)5-11(13)4-9/h3-5,8,14H,6-7H2,1-2H3. The van der Waals surface area contributed by atoms with Crippen molar-refractivity contribution < 1.29 is 9.23 Å². The molecule has 1 rings (SSSR count). The lowest BCUT2D eigenvalue weighted by Gasteiger charge is -2.08. The van der Waals surface area contributed by atoms with Crippen molar-refractivity contribution in [3.63, 3.8) is 0 Å². The first-order valence-electron chi connectivity index (χ1n) is 4.87. The Kier molecular flexibility index (Phi) is 5.02.